The van der Waals surface area contributed by atoms with Crippen LogP contribution < -0.4 is 5.73 Å². The molecule has 3 atom stereocenters. The normalized spacial score (nSPS) is 14.3. The zero-order valence-electron chi connectivity index (χ0n) is 31.7. The van der Waals surface area contributed by atoms with E-state index in [0.717, 1.165) is 64.2 Å². The number of carboxylic acid groups (broad SMARTS) is 1. The Morgan fingerprint density at radius 2 is 1.04 bits per heavy atom. The van der Waals surface area contributed by atoms with Gasteiger partial charge in [-0.2, -0.15) is 0 Å². The lowest BCUT2D eigenvalue weighted by Crippen LogP contribution is -2.34. The van der Waals surface area contributed by atoms with Crippen LogP contribution in [0.25, 0.3) is 0 Å². The summed E-state index contributed by atoms with van der Waals surface area (Å²) in [6, 6.07) is -1.53. The molecule has 1 unspecified atom stereocenters. The van der Waals surface area contributed by atoms with Crippen molar-refractivity contribution in [3.8, 4) is 0 Å². The van der Waals surface area contributed by atoms with E-state index in [4.69, 9.17) is 24.8 Å². The zero-order valence-corrected chi connectivity index (χ0v) is 32.6. The van der Waals surface area contributed by atoms with Gasteiger partial charge in [-0.25, -0.2) is 4.57 Å². The number of aliphatic carboxylic acids is 1. The highest BCUT2D eigenvalue weighted by atomic mass is 31.2. The minimum absolute atomic E-state index is 0.117. The molecule has 11 nitrogen and oxygen atoms in total. The second kappa shape index (κ2) is 34.8. The summed E-state index contributed by atoms with van der Waals surface area (Å²) in [6.45, 7) is 2.71. The lowest BCUT2D eigenvalue weighted by molar-refractivity contribution is -0.161. The molecule has 0 saturated carbocycles. The van der Waals surface area contributed by atoms with E-state index in [1.807, 2.05) is 0 Å². The van der Waals surface area contributed by atoms with E-state index >= 15 is 0 Å². The fraction of sp³-hybridized carbons (Fsp3) is 0.769. The van der Waals surface area contributed by atoms with Crippen LogP contribution in [0.5, 0.6) is 0 Å². The summed E-state index contributed by atoms with van der Waals surface area (Å²) in [5, 5.41) is 8.86. The van der Waals surface area contributed by atoms with Crippen molar-refractivity contribution in [2.75, 3.05) is 19.8 Å². The number of carboxylic acids is 1. The molecule has 296 valence electrons. The summed E-state index contributed by atoms with van der Waals surface area (Å²) in [4.78, 5) is 45.7. The number of unbranched alkanes of at least 4 members (excludes halogenated alkanes) is 16. The highest BCUT2D eigenvalue weighted by Crippen LogP contribution is 2.43. The van der Waals surface area contributed by atoms with Gasteiger partial charge < -0.3 is 25.2 Å². The van der Waals surface area contributed by atoms with E-state index in [1.165, 1.54) is 57.8 Å². The molecule has 12 heteroatoms. The first-order chi connectivity index (χ1) is 24.6. The van der Waals surface area contributed by atoms with Crippen LogP contribution in [-0.4, -0.2) is 59.9 Å². The molecule has 0 fully saturated rings. The van der Waals surface area contributed by atoms with E-state index in [9.17, 15) is 23.8 Å². The van der Waals surface area contributed by atoms with Gasteiger partial charge in [-0.3, -0.25) is 23.4 Å². The lowest BCUT2D eigenvalue weighted by atomic mass is 10.1. The molecule has 0 aliphatic heterocycles. The number of esters is 2. The van der Waals surface area contributed by atoms with Crippen molar-refractivity contribution in [2.24, 2.45) is 5.73 Å². The van der Waals surface area contributed by atoms with Gasteiger partial charge in [0.15, 0.2) is 6.10 Å². The van der Waals surface area contributed by atoms with Crippen LogP contribution in [-0.2, 0) is 37.5 Å². The van der Waals surface area contributed by atoms with Gasteiger partial charge in [0.25, 0.3) is 0 Å². The third-order valence-electron chi connectivity index (χ3n) is 8.11. The molecule has 0 spiro atoms. The quantitative estimate of drug-likeness (QED) is 0.0241. The standard InChI is InChI=1S/C39H70NO10P/c1-3-5-7-9-11-13-15-17-18-19-21-23-25-27-29-31-38(42)50-35(33-48-51(45,46)49-34-36(40)39(43)44)32-47-37(41)30-28-26-24-22-20-16-14-12-10-8-6-4-2/h12,14,17-18,21,23,35-36H,3-11,13,15-16,19-20,22,24-34,40H2,1-2H3,(H,43,44)(H,45,46)/b14-12+,18-17+,23-21+/t35-,36+/m1/s1. The van der Waals surface area contributed by atoms with Crippen LogP contribution in [0.3, 0.4) is 0 Å². The Morgan fingerprint density at radius 3 is 1.63 bits per heavy atom. The SMILES string of the molecule is CCCCC/C=C/CCCCCCCC(=O)OC[C@H](COP(=O)(O)OC[C@H](N)C(=O)O)OC(=O)CCCC/C=C/C/C=C/CCCCCCCC. The van der Waals surface area contributed by atoms with E-state index in [0.29, 0.717) is 12.8 Å². The third-order valence-corrected chi connectivity index (χ3v) is 9.06. The van der Waals surface area contributed by atoms with Gasteiger partial charge in [-0.05, 0) is 70.6 Å². The Balaban J connectivity index is 4.51. The third kappa shape index (κ3) is 34.5. The molecule has 0 amide bonds. The number of hydrogen-bond donors (Lipinski definition) is 3. The summed E-state index contributed by atoms with van der Waals surface area (Å²) < 4.78 is 32.5. The Morgan fingerprint density at radius 1 is 0.608 bits per heavy atom. The Labute approximate surface area is 308 Å². The predicted molar refractivity (Wildman–Crippen MR) is 203 cm³/mol. The summed E-state index contributed by atoms with van der Waals surface area (Å²) in [6.07, 6.45) is 35.0. The predicted octanol–water partition coefficient (Wildman–Crippen LogP) is 9.67. The minimum Gasteiger partial charge on any atom is -0.480 e. The maximum absolute atomic E-state index is 12.5. The highest BCUT2D eigenvalue weighted by Gasteiger charge is 2.28. The average molecular weight is 744 g/mol. The fourth-order valence-corrected chi connectivity index (χ4v) is 5.75. The van der Waals surface area contributed by atoms with Crippen LogP contribution in [0.1, 0.15) is 162 Å². The summed E-state index contributed by atoms with van der Waals surface area (Å²) in [5.74, 6) is -2.44. The molecule has 0 aliphatic carbocycles. The molecule has 0 aromatic carbocycles. The van der Waals surface area contributed by atoms with Crippen molar-refractivity contribution < 1.29 is 47.5 Å². The molecule has 4 N–H and O–H groups in total. The van der Waals surface area contributed by atoms with E-state index < -0.39 is 51.1 Å². The van der Waals surface area contributed by atoms with Crippen molar-refractivity contribution in [1.82, 2.24) is 0 Å². The summed E-state index contributed by atoms with van der Waals surface area (Å²) in [7, 11) is -4.72. The Hall–Kier alpha value is -2.30. The summed E-state index contributed by atoms with van der Waals surface area (Å²) >= 11 is 0. The number of carbonyl (C=O) groups excluding carboxylic acids is 2. The number of hydrogen-bond acceptors (Lipinski definition) is 9. The topological polar surface area (TPSA) is 172 Å². The molecule has 51 heavy (non-hydrogen) atoms. The van der Waals surface area contributed by atoms with Gasteiger partial charge in [-0.15, -0.1) is 0 Å². The van der Waals surface area contributed by atoms with Gasteiger partial charge >= 0.3 is 25.7 Å². The molecule has 0 heterocycles. The molecule has 0 bridgehead atoms. The summed E-state index contributed by atoms with van der Waals surface area (Å²) in [5.41, 5.74) is 5.31. The molecular formula is C39H70NO10P. The Kier molecular flexibility index (Phi) is 33.2. The number of phosphoric acid groups is 1. The largest absolute Gasteiger partial charge is 0.480 e. The van der Waals surface area contributed by atoms with Crippen molar-refractivity contribution in [2.45, 2.75) is 174 Å². The second-order valence-electron chi connectivity index (χ2n) is 13.1. The van der Waals surface area contributed by atoms with Gasteiger partial charge in [-0.1, -0.05) is 115 Å². The minimum atomic E-state index is -4.72. The molecular weight excluding hydrogens is 673 g/mol. The van der Waals surface area contributed by atoms with Gasteiger partial charge in [0.2, 0.25) is 0 Å². The molecule has 0 saturated heterocycles. The maximum Gasteiger partial charge on any atom is 0.472 e. The molecule has 0 aliphatic rings. The number of carbonyl (C=O) groups is 3. The fourth-order valence-electron chi connectivity index (χ4n) is 4.97. The molecule has 0 radical (unpaired) electrons. The van der Waals surface area contributed by atoms with Crippen LogP contribution in [0.4, 0.5) is 0 Å². The zero-order chi connectivity index (χ0) is 37.8. The van der Waals surface area contributed by atoms with Gasteiger partial charge in [0, 0.05) is 12.8 Å². The highest BCUT2D eigenvalue weighted by molar-refractivity contribution is 7.47. The van der Waals surface area contributed by atoms with E-state index in [-0.39, 0.29) is 19.4 Å². The van der Waals surface area contributed by atoms with Crippen molar-refractivity contribution in [1.29, 1.82) is 0 Å². The van der Waals surface area contributed by atoms with Crippen LogP contribution in [0.15, 0.2) is 36.5 Å². The molecule has 0 aromatic heterocycles. The van der Waals surface area contributed by atoms with E-state index in [2.05, 4.69) is 54.8 Å². The van der Waals surface area contributed by atoms with Crippen molar-refractivity contribution >= 4 is 25.7 Å². The maximum atomic E-state index is 12.5. The number of nitrogens with two attached hydrogens (primary N) is 1. The lowest BCUT2D eigenvalue weighted by Gasteiger charge is -2.20. The molecule has 0 rings (SSSR count). The van der Waals surface area contributed by atoms with Crippen LogP contribution in [0, 0.1) is 0 Å². The van der Waals surface area contributed by atoms with Gasteiger partial charge in [0.05, 0.1) is 13.2 Å². The number of phosphoric ester groups is 1. The van der Waals surface area contributed by atoms with E-state index in [1.54, 1.807) is 0 Å². The van der Waals surface area contributed by atoms with Crippen LogP contribution >= 0.6 is 7.82 Å². The van der Waals surface area contributed by atoms with Crippen molar-refractivity contribution in [3.63, 3.8) is 0 Å². The number of allylic oxidation sites excluding steroid dienone is 6. The first kappa shape index (κ1) is 48.7. The first-order valence-corrected chi connectivity index (χ1v) is 21.0. The number of rotatable bonds is 36. The van der Waals surface area contributed by atoms with Crippen LogP contribution in [0.2, 0.25) is 0 Å². The van der Waals surface area contributed by atoms with Gasteiger partial charge in [0.1, 0.15) is 12.6 Å². The average Bonchev–Trinajstić information content (AvgIpc) is 3.10. The Bertz CT molecular complexity index is 1020. The second-order valence-corrected chi connectivity index (χ2v) is 14.5. The smallest absolute Gasteiger partial charge is 0.472 e. The monoisotopic (exact) mass is 743 g/mol. The van der Waals surface area contributed by atoms with Crippen molar-refractivity contribution in [3.05, 3.63) is 36.5 Å². The first-order valence-electron chi connectivity index (χ1n) is 19.5. The number of ether oxygens (including phenoxy) is 2. The molecule has 0 aromatic rings.